The molecule has 2 rings (SSSR count). The van der Waals surface area contributed by atoms with E-state index < -0.39 is 0 Å². The predicted octanol–water partition coefficient (Wildman–Crippen LogP) is 3.75. The molecule has 5 nitrogen and oxygen atoms in total. The van der Waals surface area contributed by atoms with Crippen LogP contribution in [0.5, 0.6) is 5.75 Å². The summed E-state index contributed by atoms with van der Waals surface area (Å²) < 4.78 is 0. The van der Waals surface area contributed by atoms with Gasteiger partial charge in [0, 0.05) is 0 Å². The molecule has 2 aromatic rings. The fourth-order valence-electron chi connectivity index (χ4n) is 1.85. The predicted molar refractivity (Wildman–Crippen MR) is 78.0 cm³/mol. The van der Waals surface area contributed by atoms with Crippen molar-refractivity contribution in [2.45, 2.75) is 0 Å². The Morgan fingerprint density at radius 3 is 1.67 bits per heavy atom. The van der Waals surface area contributed by atoms with Crippen molar-refractivity contribution in [1.29, 1.82) is 10.5 Å². The molecule has 0 amide bonds. The fourth-order valence-corrected chi connectivity index (χ4v) is 1.85. The van der Waals surface area contributed by atoms with E-state index in [9.17, 15) is 20.5 Å². The molecule has 0 saturated carbocycles. The van der Waals surface area contributed by atoms with Crippen LogP contribution in [0.3, 0.4) is 0 Å². The van der Waals surface area contributed by atoms with Crippen molar-refractivity contribution in [3.05, 3.63) is 64.6 Å². The van der Waals surface area contributed by atoms with Gasteiger partial charge in [0.2, 0.25) is 0 Å². The number of aromatic hydroxyl groups is 1. The third-order valence-corrected chi connectivity index (χ3v) is 2.89. The fraction of sp³-hybridized carbons (Fsp3) is 0. The molecular formula is C16H9N3O2. The highest BCUT2D eigenvalue weighted by molar-refractivity contribution is 6.02. The van der Waals surface area contributed by atoms with E-state index in [2.05, 4.69) is 5.18 Å². The standard InChI is InChI=1S/C16H9N3O2/c17-9-15(11-1-5-13(19-21)6-2-11)16(10-18)12-3-7-14(20)8-4-12/h1-8,20H/b16-15+. The molecule has 100 valence electrons. The Balaban J connectivity index is 2.58. The van der Waals surface area contributed by atoms with Crippen molar-refractivity contribution in [2.75, 3.05) is 0 Å². The van der Waals surface area contributed by atoms with Crippen LogP contribution in [-0.4, -0.2) is 5.11 Å². The van der Waals surface area contributed by atoms with Gasteiger partial charge in [-0.05, 0) is 52.7 Å². The summed E-state index contributed by atoms with van der Waals surface area (Å²) in [6, 6.07) is 16.1. The molecule has 0 aromatic heterocycles. The first kappa shape index (κ1) is 14.0. The van der Waals surface area contributed by atoms with Gasteiger partial charge in [-0.1, -0.05) is 12.1 Å². The van der Waals surface area contributed by atoms with Gasteiger partial charge < -0.3 is 5.11 Å². The van der Waals surface area contributed by atoms with E-state index in [0.29, 0.717) is 11.1 Å². The molecule has 1 N–H and O–H groups in total. The molecule has 0 unspecified atom stereocenters. The van der Waals surface area contributed by atoms with Crippen LogP contribution < -0.4 is 0 Å². The second-order valence-electron chi connectivity index (χ2n) is 4.16. The molecule has 0 fully saturated rings. The Labute approximate surface area is 121 Å². The molecule has 0 spiro atoms. The van der Waals surface area contributed by atoms with Crippen molar-refractivity contribution in [3.8, 4) is 17.9 Å². The van der Waals surface area contributed by atoms with Crippen LogP contribution in [0, 0.1) is 27.6 Å². The van der Waals surface area contributed by atoms with Crippen molar-refractivity contribution < 1.29 is 5.11 Å². The zero-order valence-electron chi connectivity index (χ0n) is 10.8. The average Bonchev–Trinajstić information content (AvgIpc) is 2.54. The van der Waals surface area contributed by atoms with Crippen LogP contribution in [0.2, 0.25) is 0 Å². The third-order valence-electron chi connectivity index (χ3n) is 2.89. The number of hydrogen-bond acceptors (Lipinski definition) is 5. The summed E-state index contributed by atoms with van der Waals surface area (Å²) in [5, 5.41) is 30.7. The molecule has 0 bridgehead atoms. The smallest absolute Gasteiger partial charge is 0.115 e. The van der Waals surface area contributed by atoms with Crippen LogP contribution in [0.25, 0.3) is 11.1 Å². The highest BCUT2D eigenvalue weighted by Gasteiger charge is 2.11. The van der Waals surface area contributed by atoms with Gasteiger partial charge >= 0.3 is 0 Å². The second-order valence-corrected chi connectivity index (χ2v) is 4.16. The Morgan fingerprint density at radius 1 is 0.857 bits per heavy atom. The summed E-state index contributed by atoms with van der Waals surface area (Å²) in [6.45, 7) is 0. The first-order chi connectivity index (χ1) is 10.2. The highest BCUT2D eigenvalue weighted by Crippen LogP contribution is 2.27. The normalized spacial score (nSPS) is 11.0. The van der Waals surface area contributed by atoms with Crippen LogP contribution in [0.15, 0.2) is 53.7 Å². The maximum absolute atomic E-state index is 10.4. The Morgan fingerprint density at radius 2 is 1.29 bits per heavy atom. The second kappa shape index (κ2) is 6.14. The van der Waals surface area contributed by atoms with E-state index in [1.807, 2.05) is 12.1 Å². The van der Waals surface area contributed by atoms with Crippen molar-refractivity contribution >= 4 is 16.8 Å². The first-order valence-corrected chi connectivity index (χ1v) is 5.97. The molecule has 5 heteroatoms. The minimum atomic E-state index is 0.0796. The number of nitriles is 2. The van der Waals surface area contributed by atoms with Crippen LogP contribution >= 0.6 is 0 Å². The van der Waals surface area contributed by atoms with Crippen LogP contribution in [0.1, 0.15) is 11.1 Å². The number of nitroso groups, excluding NO2 is 1. The SMILES string of the molecule is N#C/C(=C(/C#N)c1ccc(N=O)cc1)c1ccc(O)cc1. The summed E-state index contributed by atoms with van der Waals surface area (Å²) >= 11 is 0. The number of phenolic OH excluding ortho intramolecular Hbond substituents is 1. The summed E-state index contributed by atoms with van der Waals surface area (Å²) in [6.07, 6.45) is 0. The lowest BCUT2D eigenvalue weighted by Gasteiger charge is -2.04. The minimum absolute atomic E-state index is 0.0796. The lowest BCUT2D eigenvalue weighted by molar-refractivity contribution is 0.475. The van der Waals surface area contributed by atoms with E-state index in [0.717, 1.165) is 0 Å². The molecule has 0 aliphatic heterocycles. The van der Waals surface area contributed by atoms with Gasteiger partial charge in [0.25, 0.3) is 0 Å². The van der Waals surface area contributed by atoms with Crippen LogP contribution in [-0.2, 0) is 0 Å². The Kier molecular flexibility index (Phi) is 4.09. The highest BCUT2D eigenvalue weighted by atomic mass is 16.3. The van der Waals surface area contributed by atoms with Gasteiger partial charge in [-0.25, -0.2) is 0 Å². The lowest BCUT2D eigenvalue weighted by atomic mass is 9.96. The molecule has 0 aliphatic rings. The largest absolute Gasteiger partial charge is 0.508 e. The van der Waals surface area contributed by atoms with Gasteiger partial charge in [-0.3, -0.25) is 0 Å². The molecule has 0 atom stereocenters. The third kappa shape index (κ3) is 2.94. The maximum atomic E-state index is 10.4. The zero-order valence-corrected chi connectivity index (χ0v) is 10.8. The maximum Gasteiger partial charge on any atom is 0.115 e. The molecular weight excluding hydrogens is 266 g/mol. The molecule has 0 heterocycles. The number of nitrogens with zero attached hydrogens (tertiary/aromatic N) is 3. The van der Waals surface area contributed by atoms with E-state index in [-0.39, 0.29) is 22.6 Å². The van der Waals surface area contributed by atoms with Gasteiger partial charge in [-0.15, -0.1) is 4.91 Å². The average molecular weight is 275 g/mol. The van der Waals surface area contributed by atoms with Crippen molar-refractivity contribution in [2.24, 2.45) is 5.18 Å². The topological polar surface area (TPSA) is 97.2 Å². The zero-order chi connectivity index (χ0) is 15.2. The number of benzene rings is 2. The van der Waals surface area contributed by atoms with E-state index >= 15 is 0 Å². The lowest BCUT2D eigenvalue weighted by Crippen LogP contribution is -1.89. The molecule has 2 aromatic carbocycles. The van der Waals surface area contributed by atoms with Crippen molar-refractivity contribution in [1.82, 2.24) is 0 Å². The molecule has 0 saturated heterocycles. The van der Waals surface area contributed by atoms with Crippen LogP contribution in [0.4, 0.5) is 5.69 Å². The summed E-state index contributed by atoms with van der Waals surface area (Å²) in [7, 11) is 0. The minimum Gasteiger partial charge on any atom is -0.508 e. The van der Waals surface area contributed by atoms with Gasteiger partial charge in [0.15, 0.2) is 0 Å². The Hall–Kier alpha value is -3.44. The van der Waals surface area contributed by atoms with E-state index in [1.165, 1.54) is 24.3 Å². The molecule has 21 heavy (non-hydrogen) atoms. The number of hydrogen-bond donors (Lipinski definition) is 1. The Bertz CT molecular complexity index is 776. The van der Waals surface area contributed by atoms with Crippen molar-refractivity contribution in [3.63, 3.8) is 0 Å². The monoisotopic (exact) mass is 275 g/mol. The van der Waals surface area contributed by atoms with Gasteiger partial charge in [0.1, 0.15) is 23.6 Å². The quantitative estimate of drug-likeness (QED) is 0.524. The molecule has 0 radical (unpaired) electrons. The number of phenols is 1. The summed E-state index contributed by atoms with van der Waals surface area (Å²) in [5.74, 6) is 0.0796. The first-order valence-electron chi connectivity index (χ1n) is 5.97. The number of rotatable bonds is 3. The van der Waals surface area contributed by atoms with E-state index in [1.54, 1.807) is 24.3 Å². The molecule has 0 aliphatic carbocycles. The summed E-state index contributed by atoms with van der Waals surface area (Å²) in [5.41, 5.74) is 1.70. The van der Waals surface area contributed by atoms with E-state index in [4.69, 9.17) is 0 Å². The summed E-state index contributed by atoms with van der Waals surface area (Å²) in [4.78, 5) is 10.4. The van der Waals surface area contributed by atoms with Gasteiger partial charge in [-0.2, -0.15) is 10.5 Å². The number of allylic oxidation sites excluding steroid dienone is 2. The van der Waals surface area contributed by atoms with Gasteiger partial charge in [0.05, 0.1) is 11.1 Å².